The zero-order valence-electron chi connectivity index (χ0n) is 14.7. The van der Waals surface area contributed by atoms with Crippen molar-refractivity contribution in [3.05, 3.63) is 68.7 Å². The summed E-state index contributed by atoms with van der Waals surface area (Å²) < 4.78 is 4.75. The summed E-state index contributed by atoms with van der Waals surface area (Å²) in [5.41, 5.74) is 0.810. The van der Waals surface area contributed by atoms with Gasteiger partial charge in [-0.1, -0.05) is 29.3 Å². The highest BCUT2D eigenvalue weighted by Gasteiger charge is 2.17. The normalized spacial score (nSPS) is 10.1. The number of carbonyl (C=O) groups is 3. The quantitative estimate of drug-likeness (QED) is 0.413. The first kappa shape index (κ1) is 20.8. The van der Waals surface area contributed by atoms with E-state index >= 15 is 0 Å². The third-order valence-corrected chi connectivity index (χ3v) is 3.70. The Bertz CT molecular complexity index is 931. The molecule has 0 saturated carbocycles. The molecule has 10 heteroatoms. The Labute approximate surface area is 164 Å². The lowest BCUT2D eigenvalue weighted by Crippen LogP contribution is -2.32. The van der Waals surface area contributed by atoms with E-state index < -0.39 is 41.5 Å². The SMILES string of the molecule is Cc1cccc(C(=O)NCC(=O)OCC(=O)Nc2ccc(Cl)cc2[N+](=O)[O-])c1. The third-order valence-electron chi connectivity index (χ3n) is 3.47. The van der Waals surface area contributed by atoms with Crippen LogP contribution in [0.3, 0.4) is 0 Å². The number of aryl methyl sites for hydroxylation is 1. The summed E-state index contributed by atoms with van der Waals surface area (Å²) in [5.74, 6) is -2.06. The molecule has 0 aliphatic heterocycles. The fraction of sp³-hybridized carbons (Fsp3) is 0.167. The Balaban J connectivity index is 1.82. The fourth-order valence-corrected chi connectivity index (χ4v) is 2.35. The topological polar surface area (TPSA) is 128 Å². The van der Waals surface area contributed by atoms with Gasteiger partial charge in [-0.2, -0.15) is 0 Å². The standard InChI is InChI=1S/C18H16ClN3O6/c1-11-3-2-4-12(7-11)18(25)20-9-17(24)28-10-16(23)21-14-6-5-13(19)8-15(14)22(26)27/h2-8H,9-10H2,1H3,(H,20,25)(H,21,23). The monoisotopic (exact) mass is 405 g/mol. The molecule has 2 amide bonds. The Hall–Kier alpha value is -3.46. The molecule has 0 spiro atoms. The molecule has 2 rings (SSSR count). The summed E-state index contributed by atoms with van der Waals surface area (Å²) in [6.07, 6.45) is 0. The van der Waals surface area contributed by atoms with Gasteiger partial charge >= 0.3 is 5.97 Å². The third kappa shape index (κ3) is 6.06. The minimum Gasteiger partial charge on any atom is -0.454 e. The second kappa shape index (κ2) is 9.47. The van der Waals surface area contributed by atoms with E-state index in [0.29, 0.717) is 5.56 Å². The number of nitro groups is 1. The number of hydrogen-bond acceptors (Lipinski definition) is 6. The van der Waals surface area contributed by atoms with Gasteiger partial charge in [0.05, 0.1) is 4.92 Å². The van der Waals surface area contributed by atoms with Gasteiger partial charge in [-0.15, -0.1) is 0 Å². The number of amides is 2. The summed E-state index contributed by atoms with van der Waals surface area (Å²) in [4.78, 5) is 45.7. The molecule has 0 aromatic heterocycles. The van der Waals surface area contributed by atoms with Crippen LogP contribution in [0, 0.1) is 17.0 Å². The molecule has 0 saturated heterocycles. The number of benzene rings is 2. The molecule has 0 unspecified atom stereocenters. The van der Waals surface area contributed by atoms with Gasteiger partial charge in [0.15, 0.2) is 6.61 Å². The van der Waals surface area contributed by atoms with E-state index in [2.05, 4.69) is 10.6 Å². The van der Waals surface area contributed by atoms with Crippen LogP contribution in [0.1, 0.15) is 15.9 Å². The zero-order valence-corrected chi connectivity index (χ0v) is 15.5. The van der Waals surface area contributed by atoms with Crippen LogP contribution in [0.5, 0.6) is 0 Å². The highest BCUT2D eigenvalue weighted by molar-refractivity contribution is 6.31. The number of carbonyl (C=O) groups excluding carboxylic acids is 3. The average molecular weight is 406 g/mol. The molecule has 0 fully saturated rings. The summed E-state index contributed by atoms with van der Waals surface area (Å²) in [6.45, 7) is 0.731. The van der Waals surface area contributed by atoms with Crippen molar-refractivity contribution in [1.29, 1.82) is 0 Å². The minimum absolute atomic E-state index is 0.0804. The van der Waals surface area contributed by atoms with Crippen molar-refractivity contribution in [1.82, 2.24) is 5.32 Å². The first-order chi connectivity index (χ1) is 13.3. The van der Waals surface area contributed by atoms with Crippen molar-refractivity contribution in [2.75, 3.05) is 18.5 Å². The van der Waals surface area contributed by atoms with Crippen LogP contribution in [0.4, 0.5) is 11.4 Å². The highest BCUT2D eigenvalue weighted by atomic mass is 35.5. The van der Waals surface area contributed by atoms with Gasteiger partial charge in [-0.25, -0.2) is 0 Å². The number of nitrogens with one attached hydrogen (secondary N) is 2. The Morgan fingerprint density at radius 1 is 1.18 bits per heavy atom. The van der Waals surface area contributed by atoms with E-state index in [1.807, 2.05) is 13.0 Å². The number of rotatable bonds is 7. The number of halogens is 1. The van der Waals surface area contributed by atoms with E-state index in [9.17, 15) is 24.5 Å². The van der Waals surface area contributed by atoms with Crippen LogP contribution in [-0.2, 0) is 14.3 Å². The smallest absolute Gasteiger partial charge is 0.325 e. The van der Waals surface area contributed by atoms with E-state index in [-0.39, 0.29) is 10.7 Å². The average Bonchev–Trinajstić information content (AvgIpc) is 2.65. The van der Waals surface area contributed by atoms with Crippen molar-refractivity contribution in [2.45, 2.75) is 6.92 Å². The van der Waals surface area contributed by atoms with E-state index in [0.717, 1.165) is 11.6 Å². The number of nitrogens with zero attached hydrogens (tertiary/aromatic N) is 1. The number of ether oxygens (including phenoxy) is 1. The fourth-order valence-electron chi connectivity index (χ4n) is 2.19. The molecule has 0 atom stereocenters. The number of esters is 1. The molecule has 0 bridgehead atoms. The van der Waals surface area contributed by atoms with Crippen LogP contribution in [0.2, 0.25) is 5.02 Å². The lowest BCUT2D eigenvalue weighted by Gasteiger charge is -2.08. The number of hydrogen-bond donors (Lipinski definition) is 2. The molecule has 146 valence electrons. The predicted octanol–water partition coefficient (Wildman–Crippen LogP) is 2.47. The maximum Gasteiger partial charge on any atom is 0.325 e. The van der Waals surface area contributed by atoms with Gasteiger partial charge < -0.3 is 15.4 Å². The maximum absolute atomic E-state index is 11.9. The second-order valence-corrected chi connectivity index (χ2v) is 6.12. The lowest BCUT2D eigenvalue weighted by atomic mass is 10.1. The summed E-state index contributed by atoms with van der Waals surface area (Å²) in [7, 11) is 0. The Morgan fingerprint density at radius 2 is 1.93 bits per heavy atom. The maximum atomic E-state index is 11.9. The summed E-state index contributed by atoms with van der Waals surface area (Å²) >= 11 is 5.69. The first-order valence-electron chi connectivity index (χ1n) is 8.00. The molecule has 2 aromatic rings. The van der Waals surface area contributed by atoms with E-state index in [1.165, 1.54) is 12.1 Å². The van der Waals surface area contributed by atoms with Gasteiger partial charge in [0, 0.05) is 16.7 Å². The van der Waals surface area contributed by atoms with Gasteiger partial charge in [-0.3, -0.25) is 24.5 Å². The lowest BCUT2D eigenvalue weighted by molar-refractivity contribution is -0.383. The summed E-state index contributed by atoms with van der Waals surface area (Å²) in [6, 6.07) is 10.5. The molecule has 2 N–H and O–H groups in total. The van der Waals surface area contributed by atoms with E-state index in [4.69, 9.17) is 16.3 Å². The van der Waals surface area contributed by atoms with Crippen LogP contribution in [0.15, 0.2) is 42.5 Å². The molecule has 0 aliphatic carbocycles. The largest absolute Gasteiger partial charge is 0.454 e. The van der Waals surface area contributed by atoms with E-state index in [1.54, 1.807) is 18.2 Å². The van der Waals surface area contributed by atoms with Crippen molar-refractivity contribution in [3.63, 3.8) is 0 Å². The predicted molar refractivity (Wildman–Crippen MR) is 101 cm³/mol. The van der Waals surface area contributed by atoms with Crippen LogP contribution in [0.25, 0.3) is 0 Å². The molecule has 0 radical (unpaired) electrons. The van der Waals surface area contributed by atoms with Gasteiger partial charge in [-0.05, 0) is 31.2 Å². The highest BCUT2D eigenvalue weighted by Crippen LogP contribution is 2.27. The van der Waals surface area contributed by atoms with Crippen molar-refractivity contribution in [2.24, 2.45) is 0 Å². The molecular formula is C18H16ClN3O6. The molecular weight excluding hydrogens is 390 g/mol. The van der Waals surface area contributed by atoms with Gasteiger partial charge in [0.2, 0.25) is 0 Å². The van der Waals surface area contributed by atoms with Gasteiger partial charge in [0.1, 0.15) is 12.2 Å². The minimum atomic E-state index is -0.832. The molecule has 0 heterocycles. The Morgan fingerprint density at radius 3 is 2.61 bits per heavy atom. The molecule has 2 aromatic carbocycles. The molecule has 28 heavy (non-hydrogen) atoms. The summed E-state index contributed by atoms with van der Waals surface area (Å²) in [5, 5.41) is 15.8. The Kier molecular flexibility index (Phi) is 7.05. The second-order valence-electron chi connectivity index (χ2n) is 5.68. The molecule has 9 nitrogen and oxygen atoms in total. The van der Waals surface area contributed by atoms with Crippen LogP contribution in [-0.4, -0.2) is 35.9 Å². The zero-order chi connectivity index (χ0) is 20.7. The van der Waals surface area contributed by atoms with Gasteiger partial charge in [0.25, 0.3) is 17.5 Å². The number of anilines is 1. The van der Waals surface area contributed by atoms with Crippen molar-refractivity contribution >= 4 is 40.8 Å². The first-order valence-corrected chi connectivity index (χ1v) is 8.38. The van der Waals surface area contributed by atoms with Crippen LogP contribution >= 0.6 is 11.6 Å². The molecule has 0 aliphatic rings. The van der Waals surface area contributed by atoms with Crippen molar-refractivity contribution in [3.8, 4) is 0 Å². The van der Waals surface area contributed by atoms with Crippen LogP contribution < -0.4 is 10.6 Å². The number of nitro benzene ring substituents is 1. The van der Waals surface area contributed by atoms with Crippen molar-refractivity contribution < 1.29 is 24.0 Å².